The van der Waals surface area contributed by atoms with Crippen molar-refractivity contribution in [1.82, 2.24) is 10.3 Å². The van der Waals surface area contributed by atoms with Gasteiger partial charge in [-0.25, -0.2) is 4.98 Å². The van der Waals surface area contributed by atoms with E-state index in [1.807, 2.05) is 4.90 Å². The van der Waals surface area contributed by atoms with Crippen molar-refractivity contribution in [2.24, 2.45) is 0 Å². The average molecular weight is 316 g/mol. The molecule has 1 aliphatic rings. The summed E-state index contributed by atoms with van der Waals surface area (Å²) in [5.74, 6) is 0. The number of fused-ring (bicyclic) bond motifs is 1. The number of nitrogens with zero attached hydrogens (tertiary/aromatic N) is 2. The molecule has 112 valence electrons. The molecule has 2 heterocycles. The summed E-state index contributed by atoms with van der Waals surface area (Å²) in [4.78, 5) is 5.65. The molecule has 7 heteroatoms. The van der Waals surface area contributed by atoms with E-state index in [-0.39, 0.29) is 0 Å². The summed E-state index contributed by atoms with van der Waals surface area (Å²) in [6, 6.07) is 5.86. The largest absolute Gasteiger partial charge is 0.433 e. The molecule has 1 N–H and O–H groups in total. The molecule has 1 saturated heterocycles. The third kappa shape index (κ3) is 2.91. The normalized spacial score (nSPS) is 16.5. The third-order valence-electron chi connectivity index (χ3n) is 3.50. The molecule has 1 aliphatic heterocycles. The molecule has 0 bridgehead atoms. The topological polar surface area (TPSA) is 28.2 Å². The minimum atomic E-state index is -4.46. The highest BCUT2D eigenvalue weighted by atomic mass is 35.5. The van der Waals surface area contributed by atoms with E-state index in [1.165, 1.54) is 6.07 Å². The Hall–Kier alpha value is -1.53. The molecule has 0 unspecified atom stereocenters. The first-order valence-corrected chi connectivity index (χ1v) is 6.96. The van der Waals surface area contributed by atoms with E-state index >= 15 is 0 Å². The predicted molar refractivity (Wildman–Crippen MR) is 76.8 cm³/mol. The minimum absolute atomic E-state index is 0.308. The summed E-state index contributed by atoms with van der Waals surface area (Å²) < 4.78 is 39.1. The lowest BCUT2D eigenvalue weighted by atomic mass is 10.1. The van der Waals surface area contributed by atoms with Gasteiger partial charge in [0.05, 0.1) is 5.52 Å². The fourth-order valence-electron chi connectivity index (χ4n) is 2.49. The first-order valence-electron chi connectivity index (χ1n) is 6.58. The monoisotopic (exact) mass is 315 g/mol. The summed E-state index contributed by atoms with van der Waals surface area (Å²) in [5, 5.41) is 4.32. The number of alkyl halides is 3. The Balaban J connectivity index is 2.20. The van der Waals surface area contributed by atoms with Crippen LogP contribution in [0.15, 0.2) is 24.3 Å². The Morgan fingerprint density at radius 1 is 1.14 bits per heavy atom. The average Bonchev–Trinajstić information content (AvgIpc) is 2.46. The Morgan fingerprint density at radius 2 is 1.86 bits per heavy atom. The molecule has 1 aromatic carbocycles. The Bertz CT molecular complexity index is 666. The zero-order chi connectivity index (χ0) is 15.0. The van der Waals surface area contributed by atoms with Crippen LogP contribution >= 0.6 is 11.6 Å². The van der Waals surface area contributed by atoms with Gasteiger partial charge in [0.2, 0.25) is 0 Å². The molecular weight excluding hydrogens is 303 g/mol. The number of pyridine rings is 1. The van der Waals surface area contributed by atoms with E-state index < -0.39 is 11.9 Å². The second-order valence-corrected chi connectivity index (χ2v) is 5.36. The van der Waals surface area contributed by atoms with E-state index in [0.29, 0.717) is 34.7 Å². The smallest absolute Gasteiger partial charge is 0.368 e. The molecule has 0 aliphatic carbocycles. The maximum absolute atomic E-state index is 13.0. The van der Waals surface area contributed by atoms with E-state index in [2.05, 4.69) is 10.3 Å². The van der Waals surface area contributed by atoms with Gasteiger partial charge >= 0.3 is 6.18 Å². The highest BCUT2D eigenvalue weighted by molar-refractivity contribution is 6.31. The van der Waals surface area contributed by atoms with Crippen molar-refractivity contribution in [3.8, 4) is 0 Å². The van der Waals surface area contributed by atoms with Crippen molar-refractivity contribution in [1.29, 1.82) is 0 Å². The van der Waals surface area contributed by atoms with Crippen molar-refractivity contribution in [3.63, 3.8) is 0 Å². The fourth-order valence-corrected chi connectivity index (χ4v) is 2.66. The molecular formula is C14H13ClF3N3. The maximum atomic E-state index is 13.0. The van der Waals surface area contributed by atoms with E-state index in [9.17, 15) is 13.2 Å². The third-order valence-corrected chi connectivity index (χ3v) is 3.73. The highest BCUT2D eigenvalue weighted by Crippen LogP contribution is 2.35. The quantitative estimate of drug-likeness (QED) is 0.875. The van der Waals surface area contributed by atoms with Gasteiger partial charge < -0.3 is 10.2 Å². The van der Waals surface area contributed by atoms with E-state index in [4.69, 9.17) is 11.6 Å². The molecule has 0 amide bonds. The molecule has 0 saturated carbocycles. The minimum Gasteiger partial charge on any atom is -0.368 e. The molecule has 21 heavy (non-hydrogen) atoms. The second-order valence-electron chi connectivity index (χ2n) is 4.92. The van der Waals surface area contributed by atoms with Crippen LogP contribution in [0, 0.1) is 0 Å². The Labute approximate surface area is 124 Å². The predicted octanol–water partition coefficient (Wildman–Crippen LogP) is 3.32. The lowest BCUT2D eigenvalue weighted by Gasteiger charge is -2.30. The van der Waals surface area contributed by atoms with Gasteiger partial charge in [-0.3, -0.25) is 0 Å². The van der Waals surface area contributed by atoms with Gasteiger partial charge in [0.15, 0.2) is 0 Å². The SMILES string of the molecule is FC(F)(F)c1cc(N2CCNCC2)c2cc(Cl)ccc2n1. The van der Waals surface area contributed by atoms with Crippen molar-refractivity contribution < 1.29 is 13.2 Å². The van der Waals surface area contributed by atoms with Crippen LogP contribution < -0.4 is 10.2 Å². The lowest BCUT2D eigenvalue weighted by molar-refractivity contribution is -0.140. The summed E-state index contributed by atoms with van der Waals surface area (Å²) in [5.41, 5.74) is -0.0232. The van der Waals surface area contributed by atoms with Crippen LogP contribution in [-0.2, 0) is 6.18 Å². The number of piperazine rings is 1. The standard InChI is InChI=1S/C14H13ClF3N3/c15-9-1-2-11-10(7-9)12(21-5-3-19-4-6-21)8-13(20-11)14(16,17)18/h1-2,7-8,19H,3-6H2. The second kappa shape index (κ2) is 5.35. The number of anilines is 1. The highest BCUT2D eigenvalue weighted by Gasteiger charge is 2.34. The van der Waals surface area contributed by atoms with Crippen molar-refractivity contribution >= 4 is 28.2 Å². The van der Waals surface area contributed by atoms with Crippen LogP contribution in [-0.4, -0.2) is 31.2 Å². The summed E-state index contributed by atoms with van der Waals surface area (Å²) in [6.07, 6.45) is -4.46. The fraction of sp³-hybridized carbons (Fsp3) is 0.357. The molecule has 3 rings (SSSR count). The molecule has 1 fully saturated rings. The number of hydrogen-bond acceptors (Lipinski definition) is 3. The van der Waals surface area contributed by atoms with Crippen molar-refractivity contribution in [2.45, 2.75) is 6.18 Å². The van der Waals surface area contributed by atoms with Gasteiger partial charge in [0.25, 0.3) is 0 Å². The number of aromatic nitrogens is 1. The van der Waals surface area contributed by atoms with Crippen LogP contribution in [0.3, 0.4) is 0 Å². The summed E-state index contributed by atoms with van der Waals surface area (Å²) in [6.45, 7) is 2.79. The van der Waals surface area contributed by atoms with Gasteiger partial charge in [-0.1, -0.05) is 11.6 Å². The lowest BCUT2D eigenvalue weighted by Crippen LogP contribution is -2.43. The first-order chi connectivity index (χ1) is 9.95. The summed E-state index contributed by atoms with van der Waals surface area (Å²) >= 11 is 5.98. The van der Waals surface area contributed by atoms with Crippen LogP contribution in [0.25, 0.3) is 10.9 Å². The molecule has 1 aromatic heterocycles. The number of nitrogens with one attached hydrogen (secondary N) is 1. The Morgan fingerprint density at radius 3 is 2.52 bits per heavy atom. The molecule has 0 atom stereocenters. The number of benzene rings is 1. The van der Waals surface area contributed by atoms with E-state index in [1.54, 1.807) is 12.1 Å². The first kappa shape index (κ1) is 14.4. The summed E-state index contributed by atoms with van der Waals surface area (Å²) in [7, 11) is 0. The number of halogens is 4. The Kier molecular flexibility index (Phi) is 3.67. The zero-order valence-corrected chi connectivity index (χ0v) is 11.8. The van der Waals surface area contributed by atoms with Gasteiger partial charge in [0.1, 0.15) is 5.69 Å². The molecule has 0 radical (unpaired) electrons. The van der Waals surface area contributed by atoms with Crippen LogP contribution in [0.2, 0.25) is 5.02 Å². The van der Waals surface area contributed by atoms with Gasteiger partial charge in [-0.15, -0.1) is 0 Å². The molecule has 3 nitrogen and oxygen atoms in total. The molecule has 0 spiro atoms. The van der Waals surface area contributed by atoms with Crippen LogP contribution in [0.1, 0.15) is 5.69 Å². The zero-order valence-electron chi connectivity index (χ0n) is 11.0. The van der Waals surface area contributed by atoms with Gasteiger partial charge in [-0.05, 0) is 24.3 Å². The maximum Gasteiger partial charge on any atom is 0.433 e. The van der Waals surface area contributed by atoms with E-state index in [0.717, 1.165) is 19.2 Å². The van der Waals surface area contributed by atoms with Crippen LogP contribution in [0.5, 0.6) is 0 Å². The van der Waals surface area contributed by atoms with Gasteiger partial charge in [-0.2, -0.15) is 13.2 Å². The number of hydrogen-bond donors (Lipinski definition) is 1. The number of rotatable bonds is 1. The van der Waals surface area contributed by atoms with Gasteiger partial charge in [0, 0.05) is 42.3 Å². The van der Waals surface area contributed by atoms with Crippen molar-refractivity contribution in [2.75, 3.05) is 31.1 Å². The van der Waals surface area contributed by atoms with Crippen LogP contribution in [0.4, 0.5) is 18.9 Å². The van der Waals surface area contributed by atoms with Crippen molar-refractivity contribution in [3.05, 3.63) is 35.0 Å². The molecule has 2 aromatic rings.